The summed E-state index contributed by atoms with van der Waals surface area (Å²) < 4.78 is 43.4. The lowest BCUT2D eigenvalue weighted by Gasteiger charge is -2.10. The van der Waals surface area contributed by atoms with Crippen LogP contribution in [-0.4, -0.2) is 54.5 Å². The highest BCUT2D eigenvalue weighted by Crippen LogP contribution is 2.25. The van der Waals surface area contributed by atoms with E-state index in [0.29, 0.717) is 11.6 Å². The lowest BCUT2D eigenvalue weighted by molar-refractivity contribution is -0.113. The highest BCUT2D eigenvalue weighted by atomic mass is 32.2. The van der Waals surface area contributed by atoms with E-state index in [1.807, 2.05) is 31.2 Å². The van der Waals surface area contributed by atoms with Gasteiger partial charge in [-0.15, -0.1) is 10.2 Å². The summed E-state index contributed by atoms with van der Waals surface area (Å²) >= 11 is 1.09. The van der Waals surface area contributed by atoms with Crippen molar-refractivity contribution < 1.29 is 27.1 Å². The van der Waals surface area contributed by atoms with Crippen LogP contribution in [-0.2, 0) is 14.8 Å². The van der Waals surface area contributed by atoms with Gasteiger partial charge in [0.1, 0.15) is 0 Å². The maximum Gasteiger partial charge on any atom is 0.321 e. The van der Waals surface area contributed by atoms with Gasteiger partial charge < -0.3 is 19.2 Å². The minimum atomic E-state index is -3.97. The van der Waals surface area contributed by atoms with Crippen LogP contribution in [0.15, 0.2) is 69.1 Å². The molecule has 0 atom stereocenters. The van der Waals surface area contributed by atoms with Gasteiger partial charge in [-0.3, -0.25) is 9.52 Å². The summed E-state index contributed by atoms with van der Waals surface area (Å²) in [5, 5.41) is 10.9. The van der Waals surface area contributed by atoms with Crippen molar-refractivity contribution in [2.24, 2.45) is 0 Å². The van der Waals surface area contributed by atoms with Crippen LogP contribution in [0, 0.1) is 6.92 Å². The molecule has 37 heavy (non-hydrogen) atoms. The Morgan fingerprint density at radius 2 is 1.81 bits per heavy atom. The van der Waals surface area contributed by atoms with E-state index in [1.165, 1.54) is 44.6 Å². The molecule has 0 radical (unpaired) electrons. The molecule has 192 valence electrons. The van der Waals surface area contributed by atoms with Crippen molar-refractivity contribution in [2.45, 2.75) is 17.0 Å². The first-order valence-electron chi connectivity index (χ1n) is 10.7. The monoisotopic (exact) mass is 542 g/mol. The number of aromatic nitrogens is 4. The Labute approximate surface area is 216 Å². The molecule has 2 heterocycles. The molecule has 4 rings (SSSR count). The van der Waals surface area contributed by atoms with Gasteiger partial charge in [0.15, 0.2) is 5.82 Å². The number of anilines is 2. The molecule has 2 aromatic carbocycles. The Bertz CT molecular complexity index is 1490. The van der Waals surface area contributed by atoms with E-state index in [0.717, 1.165) is 22.9 Å². The van der Waals surface area contributed by atoms with E-state index in [1.54, 1.807) is 0 Å². The van der Waals surface area contributed by atoms with Crippen molar-refractivity contribution in [3.8, 4) is 23.3 Å². The third kappa shape index (κ3) is 6.74. The molecule has 0 aliphatic heterocycles. The van der Waals surface area contributed by atoms with Gasteiger partial charge in [-0.1, -0.05) is 29.5 Å². The summed E-state index contributed by atoms with van der Waals surface area (Å²) in [5.41, 5.74) is 2.28. The van der Waals surface area contributed by atoms with Crippen LogP contribution in [0.1, 0.15) is 5.56 Å². The van der Waals surface area contributed by atoms with E-state index < -0.39 is 10.0 Å². The Balaban J connectivity index is 1.34. The zero-order valence-electron chi connectivity index (χ0n) is 20.0. The number of benzene rings is 2. The lowest BCUT2D eigenvalue weighted by atomic mass is 10.1. The number of nitrogens with one attached hydrogen (secondary N) is 2. The van der Waals surface area contributed by atoms with Gasteiger partial charge in [0, 0.05) is 17.3 Å². The SMILES string of the molecule is COc1cc(NS(=O)(=O)c2ccc(NC(=O)CSc3nnc(-c4cccc(C)c4)o3)cc2)nc(OC)n1. The number of methoxy groups -OCH3 is 2. The predicted octanol–water partition coefficient (Wildman–Crippen LogP) is 3.38. The minimum absolute atomic E-state index is 0.0223. The number of rotatable bonds is 10. The Hall–Kier alpha value is -4.17. The van der Waals surface area contributed by atoms with Gasteiger partial charge >= 0.3 is 6.01 Å². The van der Waals surface area contributed by atoms with Gasteiger partial charge in [0.05, 0.1) is 24.9 Å². The number of amides is 1. The molecule has 12 nitrogen and oxygen atoms in total. The summed E-state index contributed by atoms with van der Waals surface area (Å²) in [4.78, 5) is 20.2. The smallest absolute Gasteiger partial charge is 0.321 e. The standard InChI is InChI=1S/C23H22N6O6S2/c1-14-5-4-6-15(11-14)21-27-28-23(35-21)36-13-19(30)24-16-7-9-17(10-8-16)37(31,32)29-18-12-20(33-2)26-22(25-18)34-3/h4-12H,13H2,1-3H3,(H,24,30)(H,25,26,29). The summed E-state index contributed by atoms with van der Waals surface area (Å²) in [7, 11) is -1.24. The van der Waals surface area contributed by atoms with Crippen LogP contribution >= 0.6 is 11.8 Å². The van der Waals surface area contributed by atoms with Crippen molar-refractivity contribution in [1.82, 2.24) is 20.2 Å². The molecule has 0 fully saturated rings. The average Bonchev–Trinajstić information content (AvgIpc) is 3.36. The molecule has 0 saturated carbocycles. The average molecular weight is 543 g/mol. The Morgan fingerprint density at radius 1 is 1.03 bits per heavy atom. The number of nitrogens with zero attached hydrogens (tertiary/aromatic N) is 4. The fraction of sp³-hybridized carbons (Fsp3) is 0.174. The topological polar surface area (TPSA) is 158 Å². The second-order valence-electron chi connectivity index (χ2n) is 7.49. The first-order valence-corrected chi connectivity index (χ1v) is 13.2. The first kappa shape index (κ1) is 25.9. The van der Waals surface area contributed by atoms with Gasteiger partial charge in [0.2, 0.25) is 17.7 Å². The second kappa shape index (κ2) is 11.3. The minimum Gasteiger partial charge on any atom is -0.481 e. The summed E-state index contributed by atoms with van der Waals surface area (Å²) in [6.07, 6.45) is 0. The molecule has 2 aromatic heterocycles. The molecule has 0 aliphatic carbocycles. The van der Waals surface area contributed by atoms with Crippen LogP contribution in [0.4, 0.5) is 11.5 Å². The molecule has 0 bridgehead atoms. The van der Waals surface area contributed by atoms with Crippen molar-refractivity contribution >= 4 is 39.2 Å². The normalized spacial score (nSPS) is 11.1. The Morgan fingerprint density at radius 3 is 2.51 bits per heavy atom. The number of hydrogen-bond donors (Lipinski definition) is 2. The highest BCUT2D eigenvalue weighted by Gasteiger charge is 2.17. The Kier molecular flexibility index (Phi) is 7.89. The molecule has 4 aromatic rings. The number of sulfonamides is 1. The van der Waals surface area contributed by atoms with E-state index in [9.17, 15) is 13.2 Å². The van der Waals surface area contributed by atoms with Crippen molar-refractivity contribution in [3.05, 3.63) is 60.2 Å². The van der Waals surface area contributed by atoms with E-state index in [4.69, 9.17) is 13.9 Å². The maximum absolute atomic E-state index is 12.7. The zero-order valence-corrected chi connectivity index (χ0v) is 21.6. The number of thioether (sulfide) groups is 1. The van der Waals surface area contributed by atoms with Gasteiger partial charge in [-0.2, -0.15) is 9.97 Å². The molecule has 14 heteroatoms. The molecule has 1 amide bonds. The molecular weight excluding hydrogens is 520 g/mol. The summed E-state index contributed by atoms with van der Waals surface area (Å²) in [5.74, 6) is 0.177. The van der Waals surface area contributed by atoms with Gasteiger partial charge in [-0.25, -0.2) is 8.42 Å². The van der Waals surface area contributed by atoms with Crippen LogP contribution in [0.25, 0.3) is 11.5 Å². The number of aryl methyl sites for hydroxylation is 1. The van der Waals surface area contributed by atoms with Crippen LogP contribution in [0.2, 0.25) is 0 Å². The van der Waals surface area contributed by atoms with Crippen LogP contribution in [0.3, 0.4) is 0 Å². The molecule has 0 unspecified atom stereocenters. The highest BCUT2D eigenvalue weighted by molar-refractivity contribution is 7.99. The molecular formula is C23H22N6O6S2. The van der Waals surface area contributed by atoms with Crippen molar-refractivity contribution in [3.63, 3.8) is 0 Å². The number of hydrogen-bond acceptors (Lipinski definition) is 11. The van der Waals surface area contributed by atoms with Crippen molar-refractivity contribution in [1.29, 1.82) is 0 Å². The van der Waals surface area contributed by atoms with Gasteiger partial charge in [0.25, 0.3) is 15.2 Å². The van der Waals surface area contributed by atoms with E-state index in [2.05, 4.69) is 30.2 Å². The summed E-state index contributed by atoms with van der Waals surface area (Å²) in [6.45, 7) is 1.96. The molecule has 0 aliphatic rings. The fourth-order valence-electron chi connectivity index (χ4n) is 3.05. The fourth-order valence-corrected chi connectivity index (χ4v) is 4.61. The van der Waals surface area contributed by atoms with Gasteiger partial charge in [-0.05, 0) is 43.3 Å². The zero-order chi connectivity index (χ0) is 26.4. The van der Waals surface area contributed by atoms with Crippen LogP contribution < -0.4 is 19.5 Å². The third-order valence-electron chi connectivity index (χ3n) is 4.76. The molecule has 0 spiro atoms. The maximum atomic E-state index is 12.7. The summed E-state index contributed by atoms with van der Waals surface area (Å²) in [6, 6.07) is 14.6. The number of carbonyl (C=O) groups excluding carboxylic acids is 1. The predicted molar refractivity (Wildman–Crippen MR) is 136 cm³/mol. The van der Waals surface area contributed by atoms with E-state index in [-0.39, 0.29) is 39.5 Å². The van der Waals surface area contributed by atoms with Crippen LogP contribution in [0.5, 0.6) is 11.9 Å². The third-order valence-corrected chi connectivity index (χ3v) is 6.95. The number of ether oxygens (including phenoxy) is 2. The van der Waals surface area contributed by atoms with Crippen molar-refractivity contribution in [2.75, 3.05) is 30.0 Å². The molecule has 2 N–H and O–H groups in total. The second-order valence-corrected chi connectivity index (χ2v) is 10.1. The molecule has 0 saturated heterocycles. The number of carbonyl (C=O) groups is 1. The quantitative estimate of drug-likeness (QED) is 0.283. The largest absolute Gasteiger partial charge is 0.481 e. The lowest BCUT2D eigenvalue weighted by Crippen LogP contribution is -2.16. The first-order chi connectivity index (χ1) is 17.8. The van der Waals surface area contributed by atoms with E-state index >= 15 is 0 Å².